The Morgan fingerprint density at radius 1 is 1.05 bits per heavy atom. The lowest BCUT2D eigenvalue weighted by atomic mass is 9.82. The van der Waals surface area contributed by atoms with Gasteiger partial charge in [0.05, 0.1) is 18.4 Å². The van der Waals surface area contributed by atoms with Crippen molar-refractivity contribution in [3.05, 3.63) is 53.1 Å². The molecule has 0 bridgehead atoms. The first-order chi connectivity index (χ1) is 17.2. The van der Waals surface area contributed by atoms with E-state index >= 15 is 0 Å². The van der Waals surface area contributed by atoms with Crippen molar-refractivity contribution < 1.29 is 33.0 Å². The Kier molecular flexibility index (Phi) is 9.95. The van der Waals surface area contributed by atoms with Crippen molar-refractivity contribution in [1.29, 1.82) is 0 Å². The number of benzene rings is 1. The van der Waals surface area contributed by atoms with Crippen molar-refractivity contribution >= 4 is 17.7 Å². The van der Waals surface area contributed by atoms with Gasteiger partial charge in [-0.2, -0.15) is 0 Å². The van der Waals surface area contributed by atoms with Gasteiger partial charge in [0, 0.05) is 24.6 Å². The van der Waals surface area contributed by atoms with E-state index < -0.39 is 35.2 Å². The normalized spacial score (nSPS) is 14.0. The first-order valence-corrected chi connectivity index (χ1v) is 12.4. The van der Waals surface area contributed by atoms with Crippen LogP contribution in [0, 0.1) is 30.0 Å². The maximum Gasteiger partial charge on any atom is 0.316 e. The lowest BCUT2D eigenvalue weighted by molar-refractivity contribution is -0.154. The van der Waals surface area contributed by atoms with Crippen LogP contribution in [0.1, 0.15) is 82.4 Å². The molecule has 0 N–H and O–H groups in total. The fourth-order valence-corrected chi connectivity index (χ4v) is 4.13. The molecular weight excluding hydrogens is 477 g/mol. The van der Waals surface area contributed by atoms with Gasteiger partial charge in [-0.1, -0.05) is 26.8 Å². The SMILES string of the molecule is COc1ccnc(C(=O)C[C@@H](C)C(=O)O[C@@H](C)[C@H](c2ccc(F)cc2C)C(C)C)c1OC(=O)C(C)(C)C. The van der Waals surface area contributed by atoms with Gasteiger partial charge in [0.1, 0.15) is 11.9 Å². The van der Waals surface area contributed by atoms with Crippen molar-refractivity contribution in [1.82, 2.24) is 4.98 Å². The molecule has 1 aromatic carbocycles. The van der Waals surface area contributed by atoms with Crippen LogP contribution in [0.5, 0.6) is 11.5 Å². The third-order valence-electron chi connectivity index (χ3n) is 6.17. The van der Waals surface area contributed by atoms with Gasteiger partial charge < -0.3 is 14.2 Å². The molecule has 202 valence electrons. The van der Waals surface area contributed by atoms with Crippen molar-refractivity contribution in [2.45, 2.75) is 73.8 Å². The van der Waals surface area contributed by atoms with E-state index in [-0.39, 0.29) is 41.3 Å². The molecule has 8 heteroatoms. The van der Waals surface area contributed by atoms with Crippen molar-refractivity contribution in [2.75, 3.05) is 7.11 Å². The van der Waals surface area contributed by atoms with E-state index in [1.165, 1.54) is 31.5 Å². The predicted molar refractivity (Wildman–Crippen MR) is 138 cm³/mol. The largest absolute Gasteiger partial charge is 0.493 e. The fourth-order valence-electron chi connectivity index (χ4n) is 4.13. The summed E-state index contributed by atoms with van der Waals surface area (Å²) in [6, 6.07) is 6.08. The van der Waals surface area contributed by atoms with Crippen LogP contribution < -0.4 is 9.47 Å². The minimum Gasteiger partial charge on any atom is -0.493 e. The summed E-state index contributed by atoms with van der Waals surface area (Å²) in [6.45, 7) is 14.3. The third-order valence-corrected chi connectivity index (χ3v) is 6.17. The van der Waals surface area contributed by atoms with Crippen LogP contribution in [-0.2, 0) is 14.3 Å². The summed E-state index contributed by atoms with van der Waals surface area (Å²) < 4.78 is 30.2. The van der Waals surface area contributed by atoms with Crippen molar-refractivity contribution in [2.24, 2.45) is 17.3 Å². The lowest BCUT2D eigenvalue weighted by Gasteiger charge is -2.30. The second kappa shape index (κ2) is 12.3. The predicted octanol–water partition coefficient (Wildman–Crippen LogP) is 6.07. The summed E-state index contributed by atoms with van der Waals surface area (Å²) in [5.41, 5.74) is 0.786. The number of nitrogens with zero attached hydrogens (tertiary/aromatic N) is 1. The van der Waals surface area contributed by atoms with Crippen LogP contribution in [-0.4, -0.2) is 35.9 Å². The van der Waals surface area contributed by atoms with Crippen LogP contribution >= 0.6 is 0 Å². The van der Waals surface area contributed by atoms with Gasteiger partial charge in [0.15, 0.2) is 17.2 Å². The molecule has 1 heterocycles. The monoisotopic (exact) mass is 515 g/mol. The van der Waals surface area contributed by atoms with Gasteiger partial charge >= 0.3 is 11.9 Å². The Bertz CT molecular complexity index is 1140. The Morgan fingerprint density at radius 2 is 1.70 bits per heavy atom. The standard InChI is InChI=1S/C29H38FNO6/c1-16(2)24(21-11-10-20(30)14-17(21)3)19(5)36-27(33)18(4)15-22(32)25-26(23(35-9)12-13-31-25)37-28(34)29(6,7)8/h10-14,16,18-19,24H,15H2,1-9H3/t18-,19+,24-/m1/s1. The van der Waals surface area contributed by atoms with Crippen LogP contribution in [0.3, 0.4) is 0 Å². The molecule has 0 saturated heterocycles. The summed E-state index contributed by atoms with van der Waals surface area (Å²) in [5.74, 6) is -2.60. The Hall–Kier alpha value is -3.29. The molecule has 37 heavy (non-hydrogen) atoms. The highest BCUT2D eigenvalue weighted by molar-refractivity contribution is 6.00. The van der Waals surface area contributed by atoms with Gasteiger partial charge in [0.2, 0.25) is 5.75 Å². The molecule has 0 aliphatic rings. The zero-order valence-electron chi connectivity index (χ0n) is 23.2. The number of ketones is 1. The smallest absolute Gasteiger partial charge is 0.316 e. The van der Waals surface area contributed by atoms with Gasteiger partial charge in [0.25, 0.3) is 0 Å². The number of ether oxygens (including phenoxy) is 3. The zero-order valence-corrected chi connectivity index (χ0v) is 23.2. The third kappa shape index (κ3) is 7.60. The van der Waals surface area contributed by atoms with Crippen LogP contribution in [0.2, 0.25) is 0 Å². The molecule has 3 atom stereocenters. The Morgan fingerprint density at radius 3 is 2.24 bits per heavy atom. The topological polar surface area (TPSA) is 91.8 Å². The number of carbonyl (C=O) groups excluding carboxylic acids is 3. The minimum absolute atomic E-state index is 0.0736. The molecule has 0 aliphatic carbocycles. The molecule has 7 nitrogen and oxygen atoms in total. The number of aryl methyl sites for hydroxylation is 1. The molecule has 0 saturated carbocycles. The van der Waals surface area contributed by atoms with E-state index in [4.69, 9.17) is 14.2 Å². The van der Waals surface area contributed by atoms with E-state index in [1.807, 2.05) is 20.8 Å². The molecule has 0 radical (unpaired) electrons. The minimum atomic E-state index is -0.815. The van der Waals surface area contributed by atoms with E-state index in [1.54, 1.807) is 40.7 Å². The van der Waals surface area contributed by atoms with E-state index in [0.29, 0.717) is 0 Å². The van der Waals surface area contributed by atoms with Gasteiger partial charge in [-0.25, -0.2) is 9.37 Å². The number of hydrogen-bond donors (Lipinski definition) is 0. The number of methoxy groups -OCH3 is 1. The lowest BCUT2D eigenvalue weighted by Crippen LogP contribution is -2.30. The van der Waals surface area contributed by atoms with Gasteiger partial charge in [-0.05, 0) is 63.8 Å². The highest BCUT2D eigenvalue weighted by Gasteiger charge is 2.32. The second-order valence-corrected chi connectivity index (χ2v) is 10.8. The fraction of sp³-hybridized carbons (Fsp3) is 0.517. The molecule has 0 fully saturated rings. The summed E-state index contributed by atoms with van der Waals surface area (Å²) in [7, 11) is 1.40. The van der Waals surface area contributed by atoms with Gasteiger partial charge in [-0.3, -0.25) is 14.4 Å². The molecule has 0 amide bonds. The molecule has 0 spiro atoms. The number of aromatic nitrogens is 1. The number of hydrogen-bond acceptors (Lipinski definition) is 7. The summed E-state index contributed by atoms with van der Waals surface area (Å²) in [5, 5.41) is 0. The average Bonchev–Trinajstić information content (AvgIpc) is 2.79. The molecule has 1 aromatic heterocycles. The first kappa shape index (κ1) is 29.9. The van der Waals surface area contributed by atoms with Gasteiger partial charge in [-0.15, -0.1) is 0 Å². The highest BCUT2D eigenvalue weighted by Crippen LogP contribution is 2.34. The molecular formula is C29H38FNO6. The molecule has 0 unspecified atom stereocenters. The molecule has 0 aliphatic heterocycles. The summed E-state index contributed by atoms with van der Waals surface area (Å²) in [6.07, 6.45) is 0.671. The van der Waals surface area contributed by atoms with Crippen LogP contribution in [0.4, 0.5) is 4.39 Å². The summed E-state index contributed by atoms with van der Waals surface area (Å²) >= 11 is 0. The maximum absolute atomic E-state index is 13.6. The Labute approximate surface area is 218 Å². The quantitative estimate of drug-likeness (QED) is 0.280. The van der Waals surface area contributed by atoms with Crippen molar-refractivity contribution in [3.8, 4) is 11.5 Å². The number of esters is 2. The van der Waals surface area contributed by atoms with Crippen molar-refractivity contribution in [3.63, 3.8) is 0 Å². The summed E-state index contributed by atoms with van der Waals surface area (Å²) in [4.78, 5) is 42.7. The highest BCUT2D eigenvalue weighted by atomic mass is 19.1. The second-order valence-electron chi connectivity index (χ2n) is 10.8. The molecule has 2 aromatic rings. The number of halogens is 1. The number of pyridine rings is 1. The Balaban J connectivity index is 2.20. The number of rotatable bonds is 10. The van der Waals surface area contributed by atoms with Crippen LogP contribution in [0.15, 0.2) is 30.5 Å². The first-order valence-electron chi connectivity index (χ1n) is 12.4. The van der Waals surface area contributed by atoms with E-state index in [9.17, 15) is 18.8 Å². The van der Waals surface area contributed by atoms with E-state index in [0.717, 1.165) is 11.1 Å². The van der Waals surface area contributed by atoms with Crippen LogP contribution in [0.25, 0.3) is 0 Å². The number of Topliss-reactive ketones (excluding diaryl/α,β-unsaturated/α-hetero) is 1. The molecule has 2 rings (SSSR count). The average molecular weight is 516 g/mol. The number of carbonyl (C=O) groups is 3. The zero-order chi connectivity index (χ0) is 28.1. The van der Waals surface area contributed by atoms with E-state index in [2.05, 4.69) is 4.98 Å². The maximum atomic E-state index is 13.6.